The molecule has 0 aromatic heterocycles. The Bertz CT molecular complexity index is 166. The Labute approximate surface area is 116 Å². The Kier molecular flexibility index (Phi) is 13.5. The highest BCUT2D eigenvalue weighted by Gasteiger charge is 2.28. The molecule has 3 heteroatoms. The number of hydrogen-bond donors (Lipinski definition) is 0. The van der Waals surface area contributed by atoms with Gasteiger partial charge in [0.1, 0.15) is 0 Å². The second kappa shape index (κ2) is 11.2. The van der Waals surface area contributed by atoms with Gasteiger partial charge in [-0.1, -0.05) is 49.7 Å². The van der Waals surface area contributed by atoms with Crippen molar-refractivity contribution in [1.29, 1.82) is 0 Å². The summed E-state index contributed by atoms with van der Waals surface area (Å²) in [5.41, 5.74) is -1.03. The van der Waals surface area contributed by atoms with Gasteiger partial charge in [-0.25, -0.2) is 0 Å². The summed E-state index contributed by atoms with van der Waals surface area (Å²) in [7, 11) is 0. The first-order chi connectivity index (χ1) is 6.74. The van der Waals surface area contributed by atoms with E-state index >= 15 is 0 Å². The lowest BCUT2D eigenvalue weighted by atomic mass is 10.6. The van der Waals surface area contributed by atoms with Crippen molar-refractivity contribution in [1.82, 2.24) is 0 Å². The standard InChI is InChI=1S/C9H15Si.C3H7.BrH.Mg/c1-4-7-10(8-5-2)9-6-3;1-3-2;;/h4-6H,1-3,7-9H2;1,3H2,2H3;1H;. The fourth-order valence-corrected chi connectivity index (χ4v) is 13.1. The van der Waals surface area contributed by atoms with Crippen molar-refractivity contribution in [3.05, 3.63) is 38.0 Å². The molecule has 0 atom stereocenters. The van der Waals surface area contributed by atoms with Crippen LogP contribution in [0.2, 0.25) is 22.7 Å². The molecule has 0 amide bonds. The van der Waals surface area contributed by atoms with E-state index in [1.54, 1.807) is 0 Å². The lowest BCUT2D eigenvalue weighted by molar-refractivity contribution is 1.08. The summed E-state index contributed by atoms with van der Waals surface area (Å²) in [4.78, 5) is 0. The fraction of sp³-hybridized carbons (Fsp3) is 0.500. The van der Waals surface area contributed by atoms with Crippen LogP contribution < -0.4 is 0 Å². The third-order valence-electron chi connectivity index (χ3n) is 2.79. The van der Waals surface area contributed by atoms with Gasteiger partial charge in [0.15, 0.2) is 0 Å². The minimum atomic E-state index is -1.03. The van der Waals surface area contributed by atoms with Crippen LogP contribution in [0.25, 0.3) is 0 Å². The van der Waals surface area contributed by atoms with Gasteiger partial charge in [-0.15, -0.1) is 41.3 Å². The van der Waals surface area contributed by atoms with E-state index in [1.165, 1.54) is 29.1 Å². The smallest absolute Gasteiger partial charge is 0.149 e. The summed E-state index contributed by atoms with van der Waals surface area (Å²) in [5.74, 6) is 0. The van der Waals surface area contributed by atoms with E-state index in [-0.39, 0.29) is 36.6 Å². The quantitative estimate of drug-likeness (QED) is 0.431. The predicted octanol–water partition coefficient (Wildman–Crippen LogP) is 4.60. The minimum absolute atomic E-state index is 0. The summed E-state index contributed by atoms with van der Waals surface area (Å²) < 4.78 is 1.49. The number of allylic oxidation sites excluding steroid dienone is 3. The van der Waals surface area contributed by atoms with E-state index < -0.39 is 5.72 Å². The highest BCUT2D eigenvalue weighted by atomic mass is 79.9. The first-order valence-electron chi connectivity index (χ1n) is 5.57. The molecule has 0 saturated heterocycles. The molecule has 15 heavy (non-hydrogen) atoms. The van der Waals surface area contributed by atoms with Crippen LogP contribution in [-0.4, -0.2) is 25.3 Å². The molecule has 0 aliphatic rings. The Morgan fingerprint density at radius 3 is 1.67 bits per heavy atom. The molecule has 0 N–H and O–H groups in total. The molecule has 0 radical (unpaired) electrons. The lowest BCUT2D eigenvalue weighted by Gasteiger charge is -2.29. The van der Waals surface area contributed by atoms with Crippen LogP contribution in [0, 0.1) is 0 Å². The van der Waals surface area contributed by atoms with Crippen LogP contribution in [0.3, 0.4) is 0 Å². The fourth-order valence-electron chi connectivity index (χ4n) is 2.03. The predicted molar refractivity (Wildman–Crippen MR) is 81.9 cm³/mol. The number of halogens is 1. The highest BCUT2D eigenvalue weighted by molar-refractivity contribution is 8.93. The Morgan fingerprint density at radius 2 is 1.40 bits per heavy atom. The van der Waals surface area contributed by atoms with Crippen LogP contribution in [0.1, 0.15) is 13.3 Å². The normalized spacial score (nSPS) is 9.67. The van der Waals surface area contributed by atoms with Gasteiger partial charge in [0.25, 0.3) is 0 Å². The van der Waals surface area contributed by atoms with Crippen molar-refractivity contribution in [2.75, 3.05) is 0 Å². The van der Waals surface area contributed by atoms with E-state index in [2.05, 4.69) is 44.9 Å². The Hall–Kier alpha value is 0.683. The molecule has 84 valence electrons. The van der Waals surface area contributed by atoms with E-state index in [9.17, 15) is 0 Å². The van der Waals surface area contributed by atoms with Crippen molar-refractivity contribution < 1.29 is 0 Å². The van der Waals surface area contributed by atoms with Gasteiger partial charge in [0.05, 0.1) is 0 Å². The zero-order valence-electron chi connectivity index (χ0n) is 10.0. The molecule has 0 saturated carbocycles. The van der Waals surface area contributed by atoms with Gasteiger partial charge in [-0.3, -0.25) is 0 Å². The topological polar surface area (TPSA) is 0 Å². The number of rotatable bonds is 9. The van der Waals surface area contributed by atoms with Gasteiger partial charge in [-0.05, 0) is 5.72 Å². The van der Waals surface area contributed by atoms with E-state index in [0.29, 0.717) is 0 Å². The molecule has 0 aliphatic heterocycles. The highest BCUT2D eigenvalue weighted by Crippen LogP contribution is 2.22. The second-order valence-corrected chi connectivity index (χ2v) is 15.5. The van der Waals surface area contributed by atoms with E-state index in [1.807, 2.05) is 0 Å². The molecule has 0 aliphatic carbocycles. The molecule has 0 spiro atoms. The van der Waals surface area contributed by atoms with Crippen molar-refractivity contribution in [3.8, 4) is 0 Å². The van der Waals surface area contributed by atoms with Crippen LogP contribution in [0.5, 0.6) is 0 Å². The van der Waals surface area contributed by atoms with Crippen molar-refractivity contribution >= 4 is 42.3 Å². The third-order valence-corrected chi connectivity index (χ3v) is 15.2. The molecular formula is C12H23BrMgSi. The molecule has 0 aromatic carbocycles. The lowest BCUT2D eigenvalue weighted by Crippen LogP contribution is -2.40. The van der Waals surface area contributed by atoms with Gasteiger partial charge < -0.3 is 0 Å². The van der Waals surface area contributed by atoms with Crippen molar-refractivity contribution in [2.45, 2.75) is 36.0 Å². The van der Waals surface area contributed by atoms with Crippen LogP contribution in [-0.2, 0) is 0 Å². The maximum absolute atomic E-state index is 3.91. The monoisotopic (exact) mass is 298 g/mol. The zero-order chi connectivity index (χ0) is 10.9. The maximum Gasteiger partial charge on any atom is 0.366 e. The van der Waals surface area contributed by atoms with Crippen LogP contribution in [0.4, 0.5) is 0 Å². The van der Waals surface area contributed by atoms with Crippen LogP contribution in [0.15, 0.2) is 38.0 Å². The molecule has 0 fully saturated rings. The van der Waals surface area contributed by atoms with E-state index in [0.717, 1.165) is 0 Å². The summed E-state index contributed by atoms with van der Waals surface area (Å²) in [6.45, 7) is 14.0. The summed E-state index contributed by atoms with van der Waals surface area (Å²) in [6.07, 6.45) is 7.73. The number of hydrogen-bond acceptors (Lipinski definition) is 0. The van der Waals surface area contributed by atoms with Gasteiger partial charge in [-0.2, -0.15) is 0 Å². The summed E-state index contributed by atoms with van der Waals surface area (Å²) in [6, 6.07) is 3.83. The first kappa shape index (κ1) is 18.1. The van der Waals surface area contributed by atoms with Gasteiger partial charge >= 0.3 is 19.6 Å². The molecule has 0 rings (SSSR count). The minimum Gasteiger partial charge on any atom is -0.149 e. The molecule has 0 unspecified atom stereocenters. The summed E-state index contributed by atoms with van der Waals surface area (Å²) >= 11 is 0.111. The van der Waals surface area contributed by atoms with Crippen LogP contribution >= 0.6 is 17.0 Å². The largest absolute Gasteiger partial charge is 0.366 e. The molecular weight excluding hydrogens is 276 g/mol. The Morgan fingerprint density at radius 1 is 1.00 bits per heavy atom. The van der Waals surface area contributed by atoms with E-state index in [4.69, 9.17) is 0 Å². The third kappa shape index (κ3) is 7.55. The van der Waals surface area contributed by atoms with Gasteiger partial charge in [0, 0.05) is 0 Å². The van der Waals surface area contributed by atoms with Crippen molar-refractivity contribution in [3.63, 3.8) is 0 Å². The van der Waals surface area contributed by atoms with Gasteiger partial charge in [0.2, 0.25) is 0 Å². The zero-order valence-corrected chi connectivity index (χ0v) is 14.1. The SMILES string of the molecule is Br.C=CC[Si](CC=C)(CC=C)[Mg][CH2]CC. The van der Waals surface area contributed by atoms with Crippen molar-refractivity contribution in [2.24, 2.45) is 0 Å². The molecule has 0 nitrogen and oxygen atoms in total. The average Bonchev–Trinajstić information content (AvgIpc) is 2.16. The Balaban J connectivity index is 0. The summed E-state index contributed by atoms with van der Waals surface area (Å²) in [5, 5.41) is 0. The molecule has 0 heterocycles. The average molecular weight is 300 g/mol. The maximum atomic E-state index is 3.91. The second-order valence-electron chi connectivity index (χ2n) is 4.08. The molecule has 0 aromatic rings. The first-order valence-corrected chi connectivity index (χ1v) is 11.5. The molecule has 0 bridgehead atoms.